The quantitative estimate of drug-likeness (QED) is 0.673. The van der Waals surface area contributed by atoms with Gasteiger partial charge in [0.2, 0.25) is 0 Å². The van der Waals surface area contributed by atoms with Gasteiger partial charge in [-0.2, -0.15) is 0 Å². The maximum atomic E-state index is 11.0. The fraction of sp³-hybridized carbons (Fsp3) is 0.700. The third-order valence-electron chi connectivity index (χ3n) is 1.64. The summed E-state index contributed by atoms with van der Waals surface area (Å²) in [6, 6.07) is 0. The third-order valence-corrected chi connectivity index (χ3v) is 1.64. The third kappa shape index (κ3) is 5.28. The van der Waals surface area contributed by atoms with E-state index in [0.29, 0.717) is 5.70 Å². The molecule has 0 aromatic heterocycles. The van der Waals surface area contributed by atoms with Crippen molar-refractivity contribution in [3.63, 3.8) is 0 Å². The van der Waals surface area contributed by atoms with Crippen molar-refractivity contribution in [1.29, 1.82) is 0 Å². The summed E-state index contributed by atoms with van der Waals surface area (Å²) in [6.07, 6.45) is 2.74. The molecule has 3 nitrogen and oxygen atoms in total. The summed E-state index contributed by atoms with van der Waals surface area (Å²) in [6.45, 7) is 6.37. The first-order valence-electron chi connectivity index (χ1n) is 4.41. The van der Waals surface area contributed by atoms with Gasteiger partial charge in [-0.05, 0) is 11.8 Å². The minimum Gasteiger partial charge on any atom is -0.373 e. The summed E-state index contributed by atoms with van der Waals surface area (Å²) in [5, 5.41) is 0. The highest BCUT2D eigenvalue weighted by molar-refractivity contribution is 5.91. The van der Waals surface area contributed by atoms with Gasteiger partial charge in [-0.15, -0.1) is 0 Å². The molecule has 0 aromatic rings. The van der Waals surface area contributed by atoms with E-state index >= 15 is 0 Å². The first-order chi connectivity index (χ1) is 5.74. The molecule has 0 heterocycles. The monoisotopic (exact) mass is 184 g/mol. The van der Waals surface area contributed by atoms with E-state index in [1.807, 2.05) is 20.2 Å². The summed E-state index contributed by atoms with van der Waals surface area (Å²) in [5.74, 6) is -0.366. The Kier molecular flexibility index (Phi) is 3.98. The highest BCUT2D eigenvalue weighted by Crippen LogP contribution is 2.20. The Balaban J connectivity index is 4.48. The van der Waals surface area contributed by atoms with E-state index in [0.717, 1.165) is 6.42 Å². The molecule has 0 aliphatic carbocycles. The Morgan fingerprint density at radius 2 is 1.85 bits per heavy atom. The Labute approximate surface area is 80.6 Å². The molecule has 3 heteroatoms. The lowest BCUT2D eigenvalue weighted by Gasteiger charge is -2.18. The smallest absolute Gasteiger partial charge is 0.264 e. The Hall–Kier alpha value is -0.990. The number of allylic oxidation sites excluding steroid dienone is 1. The summed E-state index contributed by atoms with van der Waals surface area (Å²) in [4.78, 5) is 12.7. The average molecular weight is 184 g/mol. The van der Waals surface area contributed by atoms with Crippen LogP contribution in [0.15, 0.2) is 11.8 Å². The summed E-state index contributed by atoms with van der Waals surface area (Å²) in [7, 11) is 3.64. The molecule has 0 saturated heterocycles. The second-order valence-corrected chi connectivity index (χ2v) is 4.61. The SMILES string of the molecule is CN(C)C(=CCC(C)(C)C)C(N)=O. The lowest BCUT2D eigenvalue weighted by molar-refractivity contribution is -0.115. The molecule has 13 heavy (non-hydrogen) atoms. The minimum atomic E-state index is -0.366. The van der Waals surface area contributed by atoms with Crippen molar-refractivity contribution >= 4 is 5.91 Å². The van der Waals surface area contributed by atoms with E-state index in [9.17, 15) is 4.79 Å². The van der Waals surface area contributed by atoms with E-state index in [-0.39, 0.29) is 11.3 Å². The van der Waals surface area contributed by atoms with Gasteiger partial charge in [0.15, 0.2) is 0 Å². The molecule has 0 aliphatic rings. The zero-order chi connectivity index (χ0) is 10.6. The highest BCUT2D eigenvalue weighted by atomic mass is 16.1. The maximum Gasteiger partial charge on any atom is 0.264 e. The van der Waals surface area contributed by atoms with Crippen LogP contribution in [0.25, 0.3) is 0 Å². The fourth-order valence-electron chi connectivity index (χ4n) is 0.906. The summed E-state index contributed by atoms with van der Waals surface area (Å²) < 4.78 is 0. The number of hydrogen-bond acceptors (Lipinski definition) is 2. The number of nitrogens with zero attached hydrogens (tertiary/aromatic N) is 1. The van der Waals surface area contributed by atoms with E-state index < -0.39 is 0 Å². The molecule has 0 bridgehead atoms. The van der Waals surface area contributed by atoms with Crippen molar-refractivity contribution < 1.29 is 4.79 Å². The van der Waals surface area contributed by atoms with Crippen LogP contribution in [-0.4, -0.2) is 24.9 Å². The van der Waals surface area contributed by atoms with Crippen LogP contribution >= 0.6 is 0 Å². The molecule has 0 rings (SSSR count). The molecular weight excluding hydrogens is 164 g/mol. The summed E-state index contributed by atoms with van der Waals surface area (Å²) >= 11 is 0. The second-order valence-electron chi connectivity index (χ2n) is 4.61. The number of likely N-dealkylation sites (N-methyl/N-ethyl adjacent to an activating group) is 1. The molecular formula is C10H20N2O. The van der Waals surface area contributed by atoms with Crippen molar-refractivity contribution in [2.24, 2.45) is 11.1 Å². The number of nitrogens with two attached hydrogens (primary N) is 1. The van der Waals surface area contributed by atoms with Crippen molar-refractivity contribution in [2.75, 3.05) is 14.1 Å². The van der Waals surface area contributed by atoms with E-state index in [1.54, 1.807) is 4.90 Å². The molecule has 0 saturated carbocycles. The van der Waals surface area contributed by atoms with Crippen molar-refractivity contribution in [2.45, 2.75) is 27.2 Å². The number of amides is 1. The molecule has 0 spiro atoms. The largest absolute Gasteiger partial charge is 0.373 e. The number of primary amides is 1. The molecule has 0 unspecified atom stereocenters. The second kappa shape index (κ2) is 4.30. The fourth-order valence-corrected chi connectivity index (χ4v) is 0.906. The Bertz CT molecular complexity index is 211. The highest BCUT2D eigenvalue weighted by Gasteiger charge is 2.11. The molecule has 0 fully saturated rings. The molecule has 0 aliphatic heterocycles. The number of rotatable bonds is 3. The van der Waals surface area contributed by atoms with Crippen LogP contribution in [0.5, 0.6) is 0 Å². The van der Waals surface area contributed by atoms with Crippen molar-refractivity contribution in [1.82, 2.24) is 4.90 Å². The minimum absolute atomic E-state index is 0.191. The summed E-state index contributed by atoms with van der Waals surface area (Å²) in [5.41, 5.74) is 5.99. The maximum absolute atomic E-state index is 11.0. The Morgan fingerprint density at radius 3 is 2.08 bits per heavy atom. The molecule has 0 atom stereocenters. The predicted molar refractivity (Wildman–Crippen MR) is 55.0 cm³/mol. The van der Waals surface area contributed by atoms with E-state index in [2.05, 4.69) is 20.8 Å². The molecule has 2 N–H and O–H groups in total. The van der Waals surface area contributed by atoms with Crippen LogP contribution < -0.4 is 5.73 Å². The van der Waals surface area contributed by atoms with E-state index in [4.69, 9.17) is 5.73 Å². The topological polar surface area (TPSA) is 46.3 Å². The van der Waals surface area contributed by atoms with Crippen LogP contribution in [-0.2, 0) is 4.79 Å². The molecule has 0 radical (unpaired) electrons. The van der Waals surface area contributed by atoms with Crippen molar-refractivity contribution in [3.05, 3.63) is 11.8 Å². The molecule has 0 aromatic carbocycles. The molecule has 1 amide bonds. The lowest BCUT2D eigenvalue weighted by Crippen LogP contribution is -2.25. The lowest BCUT2D eigenvalue weighted by atomic mass is 9.92. The van der Waals surface area contributed by atoms with Gasteiger partial charge in [-0.3, -0.25) is 4.79 Å². The van der Waals surface area contributed by atoms with Gasteiger partial charge in [-0.25, -0.2) is 0 Å². The van der Waals surface area contributed by atoms with Gasteiger partial charge < -0.3 is 10.6 Å². The van der Waals surface area contributed by atoms with Gasteiger partial charge in [0.05, 0.1) is 5.70 Å². The van der Waals surface area contributed by atoms with Gasteiger partial charge in [0.1, 0.15) is 0 Å². The van der Waals surface area contributed by atoms with Gasteiger partial charge in [0, 0.05) is 14.1 Å². The molecule has 76 valence electrons. The van der Waals surface area contributed by atoms with Crippen LogP contribution in [0.4, 0.5) is 0 Å². The van der Waals surface area contributed by atoms with E-state index in [1.165, 1.54) is 0 Å². The van der Waals surface area contributed by atoms with Gasteiger partial charge >= 0.3 is 0 Å². The zero-order valence-corrected chi connectivity index (χ0v) is 9.22. The number of hydrogen-bond donors (Lipinski definition) is 1. The van der Waals surface area contributed by atoms with Crippen LogP contribution in [0, 0.1) is 5.41 Å². The van der Waals surface area contributed by atoms with Crippen LogP contribution in [0.1, 0.15) is 27.2 Å². The standard InChI is InChI=1S/C10H20N2O/c1-10(2,3)7-6-8(9(11)13)12(4)5/h6H,7H2,1-5H3,(H2,11,13). The number of carbonyl (C=O) groups excluding carboxylic acids is 1. The first-order valence-corrected chi connectivity index (χ1v) is 4.41. The van der Waals surface area contributed by atoms with Crippen LogP contribution in [0.2, 0.25) is 0 Å². The van der Waals surface area contributed by atoms with Gasteiger partial charge in [0.25, 0.3) is 5.91 Å². The van der Waals surface area contributed by atoms with Crippen molar-refractivity contribution in [3.8, 4) is 0 Å². The first kappa shape index (κ1) is 12.0. The number of carbonyl (C=O) groups is 1. The van der Waals surface area contributed by atoms with Crippen LogP contribution in [0.3, 0.4) is 0 Å². The normalized spacial score (nSPS) is 12.8. The zero-order valence-electron chi connectivity index (χ0n) is 9.22. The Morgan fingerprint density at radius 1 is 1.38 bits per heavy atom. The predicted octanol–water partition coefficient (Wildman–Crippen LogP) is 1.35. The van der Waals surface area contributed by atoms with Gasteiger partial charge in [-0.1, -0.05) is 26.8 Å². The average Bonchev–Trinajstić information content (AvgIpc) is 1.82.